The van der Waals surface area contributed by atoms with Gasteiger partial charge in [0.25, 0.3) is 0 Å². The topological polar surface area (TPSA) is 86.7 Å². The number of hydrogen-bond acceptors (Lipinski definition) is 4. The van der Waals surface area contributed by atoms with Crippen LogP contribution in [0.4, 0.5) is 0 Å². The summed E-state index contributed by atoms with van der Waals surface area (Å²) in [7, 11) is 5.12. The Hall–Kier alpha value is -1.03. The molecule has 0 amide bonds. The summed E-state index contributed by atoms with van der Waals surface area (Å²) in [5.74, 6) is 1.12. The van der Waals surface area contributed by atoms with E-state index in [2.05, 4.69) is 22.3 Å². The Bertz CT molecular complexity index is 434. The van der Waals surface area contributed by atoms with Crippen LogP contribution in [-0.4, -0.2) is 43.1 Å². The van der Waals surface area contributed by atoms with Crippen molar-refractivity contribution in [3.05, 3.63) is 11.3 Å². The van der Waals surface area contributed by atoms with Gasteiger partial charge in [-0.3, -0.25) is 0 Å². The zero-order valence-electron chi connectivity index (χ0n) is 12.5. The van der Waals surface area contributed by atoms with Gasteiger partial charge in [-0.15, -0.1) is 24.0 Å². The predicted octanol–water partition coefficient (Wildman–Crippen LogP) is 0.660. The van der Waals surface area contributed by atoms with Crippen LogP contribution < -0.4 is 15.8 Å². The van der Waals surface area contributed by atoms with E-state index in [1.54, 1.807) is 18.9 Å². The predicted molar refractivity (Wildman–Crippen MR) is 89.8 cm³/mol. The molecule has 0 radical (unpaired) electrons. The maximum absolute atomic E-state index is 5.77. The lowest BCUT2D eigenvalue weighted by molar-refractivity contribution is 0.204. The van der Waals surface area contributed by atoms with Crippen molar-refractivity contribution in [3.8, 4) is 5.88 Å². The Morgan fingerprint density at radius 1 is 1.45 bits per heavy atom. The van der Waals surface area contributed by atoms with Crippen molar-refractivity contribution >= 4 is 29.9 Å². The summed E-state index contributed by atoms with van der Waals surface area (Å²) in [6, 6.07) is 0. The third kappa shape index (κ3) is 5.16. The molecule has 8 heteroatoms. The van der Waals surface area contributed by atoms with Crippen molar-refractivity contribution < 1.29 is 9.47 Å². The van der Waals surface area contributed by atoms with E-state index in [9.17, 15) is 0 Å². The van der Waals surface area contributed by atoms with Crippen LogP contribution in [0.1, 0.15) is 18.2 Å². The van der Waals surface area contributed by atoms with Gasteiger partial charge in [0.05, 0.1) is 31.5 Å². The summed E-state index contributed by atoms with van der Waals surface area (Å²) in [6.45, 7) is 3.73. The summed E-state index contributed by atoms with van der Waals surface area (Å²) >= 11 is 0. The number of ether oxygens (including phenoxy) is 2. The van der Waals surface area contributed by atoms with Gasteiger partial charge in [-0.05, 0) is 6.42 Å². The lowest BCUT2D eigenvalue weighted by atomic mass is 10.2. The molecule has 0 bridgehead atoms. The minimum atomic E-state index is 0. The van der Waals surface area contributed by atoms with Gasteiger partial charge in [-0.25, -0.2) is 9.67 Å². The molecule has 0 aromatic carbocycles. The van der Waals surface area contributed by atoms with Crippen molar-refractivity contribution in [2.75, 3.05) is 27.4 Å². The molecular formula is C12H24IN5O2. The van der Waals surface area contributed by atoms with Gasteiger partial charge < -0.3 is 20.5 Å². The first-order valence-electron chi connectivity index (χ1n) is 6.25. The largest absolute Gasteiger partial charge is 0.481 e. The zero-order valence-corrected chi connectivity index (χ0v) is 14.8. The van der Waals surface area contributed by atoms with Crippen molar-refractivity contribution in [1.82, 2.24) is 15.1 Å². The fourth-order valence-corrected chi connectivity index (χ4v) is 1.81. The van der Waals surface area contributed by atoms with Crippen molar-refractivity contribution in [1.29, 1.82) is 0 Å². The number of aliphatic imine (C=N–C) groups is 1. The SMILES string of the molecule is CCc1nn(C)c(OC)c1CN=C(N)NCCOC.I. The number of nitrogens with two attached hydrogens (primary N) is 1. The number of nitrogens with zero attached hydrogens (tertiary/aromatic N) is 3. The Balaban J connectivity index is 0.00000361. The molecule has 116 valence electrons. The number of aromatic nitrogens is 2. The third-order valence-electron chi connectivity index (χ3n) is 2.72. The van der Waals surface area contributed by atoms with Crippen LogP contribution in [-0.2, 0) is 24.8 Å². The quantitative estimate of drug-likeness (QED) is 0.306. The van der Waals surface area contributed by atoms with E-state index in [1.807, 2.05) is 7.05 Å². The molecule has 1 heterocycles. The van der Waals surface area contributed by atoms with Gasteiger partial charge in [-0.1, -0.05) is 6.92 Å². The normalized spacial score (nSPS) is 11.1. The van der Waals surface area contributed by atoms with Gasteiger partial charge in [0, 0.05) is 20.7 Å². The first-order chi connectivity index (χ1) is 9.13. The highest BCUT2D eigenvalue weighted by Crippen LogP contribution is 2.22. The van der Waals surface area contributed by atoms with E-state index in [1.165, 1.54) is 0 Å². The summed E-state index contributed by atoms with van der Waals surface area (Å²) in [4.78, 5) is 4.29. The van der Waals surface area contributed by atoms with E-state index in [0.29, 0.717) is 25.7 Å². The minimum Gasteiger partial charge on any atom is -0.481 e. The van der Waals surface area contributed by atoms with Gasteiger partial charge in [0.2, 0.25) is 5.88 Å². The van der Waals surface area contributed by atoms with Crippen molar-refractivity contribution in [2.24, 2.45) is 17.8 Å². The Morgan fingerprint density at radius 3 is 2.70 bits per heavy atom. The van der Waals surface area contributed by atoms with Crippen LogP contribution in [0, 0.1) is 0 Å². The minimum absolute atomic E-state index is 0. The molecule has 0 spiro atoms. The molecule has 0 saturated heterocycles. The Labute approximate surface area is 136 Å². The van der Waals surface area contributed by atoms with Crippen LogP contribution in [0.2, 0.25) is 0 Å². The van der Waals surface area contributed by atoms with Crippen LogP contribution in [0.5, 0.6) is 5.88 Å². The first-order valence-corrected chi connectivity index (χ1v) is 6.25. The van der Waals surface area contributed by atoms with Crippen LogP contribution in [0.3, 0.4) is 0 Å². The molecule has 1 aromatic heterocycles. The molecule has 7 nitrogen and oxygen atoms in total. The number of rotatable bonds is 7. The number of nitrogens with one attached hydrogen (secondary N) is 1. The molecule has 1 rings (SSSR count). The van der Waals surface area contributed by atoms with Crippen molar-refractivity contribution in [3.63, 3.8) is 0 Å². The molecule has 0 fully saturated rings. The summed E-state index contributed by atoms with van der Waals surface area (Å²) in [5.41, 5.74) is 7.72. The second kappa shape index (κ2) is 9.81. The molecule has 0 saturated carbocycles. The number of guanidine groups is 1. The van der Waals surface area contributed by atoms with Crippen molar-refractivity contribution in [2.45, 2.75) is 19.9 Å². The lowest BCUT2D eigenvalue weighted by Gasteiger charge is -2.06. The average Bonchev–Trinajstić information content (AvgIpc) is 2.72. The summed E-state index contributed by atoms with van der Waals surface area (Å²) < 4.78 is 12.0. The fourth-order valence-electron chi connectivity index (χ4n) is 1.81. The molecule has 0 aliphatic carbocycles. The number of halogens is 1. The maximum Gasteiger partial charge on any atom is 0.216 e. The summed E-state index contributed by atoms with van der Waals surface area (Å²) in [5, 5.41) is 7.36. The Kier molecular flexibility index (Phi) is 9.30. The van der Waals surface area contributed by atoms with E-state index in [-0.39, 0.29) is 24.0 Å². The maximum atomic E-state index is 5.77. The number of hydrogen-bond donors (Lipinski definition) is 2. The average molecular weight is 397 g/mol. The highest BCUT2D eigenvalue weighted by atomic mass is 127. The second-order valence-electron chi connectivity index (χ2n) is 4.03. The Morgan fingerprint density at radius 2 is 2.15 bits per heavy atom. The van der Waals surface area contributed by atoms with Crippen LogP contribution in [0.25, 0.3) is 0 Å². The number of aryl methyl sites for hydroxylation is 2. The standard InChI is InChI=1S/C12H23N5O2.HI/c1-5-10-9(11(19-4)17(2)16-10)8-15-12(13)14-6-7-18-3;/h5-8H2,1-4H3,(H3,13,14,15);1H. The molecule has 0 unspecified atom stereocenters. The fraction of sp³-hybridized carbons (Fsp3) is 0.667. The highest BCUT2D eigenvalue weighted by Gasteiger charge is 2.14. The third-order valence-corrected chi connectivity index (χ3v) is 2.72. The highest BCUT2D eigenvalue weighted by molar-refractivity contribution is 14.0. The summed E-state index contributed by atoms with van der Waals surface area (Å²) in [6.07, 6.45) is 0.832. The van der Waals surface area contributed by atoms with Gasteiger partial charge in [-0.2, -0.15) is 5.10 Å². The molecule has 0 atom stereocenters. The first kappa shape index (κ1) is 19.0. The van der Waals surface area contributed by atoms with Gasteiger partial charge in [0.15, 0.2) is 5.96 Å². The second-order valence-corrected chi connectivity index (χ2v) is 4.03. The van der Waals surface area contributed by atoms with E-state index in [4.69, 9.17) is 15.2 Å². The number of methoxy groups -OCH3 is 2. The molecule has 20 heavy (non-hydrogen) atoms. The van der Waals surface area contributed by atoms with Gasteiger partial charge in [0.1, 0.15) is 0 Å². The molecule has 0 aliphatic heterocycles. The van der Waals surface area contributed by atoms with E-state index in [0.717, 1.165) is 23.6 Å². The molecule has 1 aromatic rings. The van der Waals surface area contributed by atoms with E-state index < -0.39 is 0 Å². The smallest absolute Gasteiger partial charge is 0.216 e. The molecule has 0 aliphatic rings. The zero-order chi connectivity index (χ0) is 14.3. The molecular weight excluding hydrogens is 373 g/mol. The molecule has 3 N–H and O–H groups in total. The van der Waals surface area contributed by atoms with Crippen LogP contribution in [0.15, 0.2) is 4.99 Å². The van der Waals surface area contributed by atoms with E-state index >= 15 is 0 Å². The van der Waals surface area contributed by atoms with Crippen LogP contribution >= 0.6 is 24.0 Å². The van der Waals surface area contributed by atoms with Gasteiger partial charge >= 0.3 is 0 Å². The lowest BCUT2D eigenvalue weighted by Crippen LogP contribution is -2.34. The monoisotopic (exact) mass is 397 g/mol.